The van der Waals surface area contributed by atoms with Crippen LogP contribution in [0.2, 0.25) is 0 Å². The summed E-state index contributed by atoms with van der Waals surface area (Å²) in [4.78, 5) is 38.6. The number of rotatable bonds is 6. The van der Waals surface area contributed by atoms with Crippen LogP contribution in [0.1, 0.15) is 13.3 Å². The molecule has 3 rings (SSSR count). The normalized spacial score (nSPS) is 17.0. The summed E-state index contributed by atoms with van der Waals surface area (Å²) in [6.45, 7) is 1.58. The lowest BCUT2D eigenvalue weighted by Gasteiger charge is -2.20. The number of nitrogens with one attached hydrogen (secondary N) is 1. The first-order valence-electron chi connectivity index (χ1n) is 9.09. The van der Waals surface area contributed by atoms with E-state index in [4.69, 9.17) is 9.47 Å². The molecule has 0 bridgehead atoms. The monoisotopic (exact) mass is 400 g/mol. The number of carbonyl (C=O) groups is 3. The molecule has 0 aromatic heterocycles. The Hall–Kier alpha value is -3.42. The second-order valence-corrected chi connectivity index (χ2v) is 6.65. The van der Waals surface area contributed by atoms with Crippen molar-refractivity contribution in [1.29, 1.82) is 0 Å². The lowest BCUT2D eigenvalue weighted by molar-refractivity contribution is -0.157. The predicted octanol–water partition coefficient (Wildman–Crippen LogP) is 2.76. The van der Waals surface area contributed by atoms with Crippen LogP contribution in [-0.4, -0.2) is 37.5 Å². The standard InChI is InChI=1S/C21H21FN2O5/c1-13(20(26)23-16-9-7-15(22)8-10-16)29-21(27)14-11-19(25)24(12-14)17-5-3-4-6-18(17)28-2/h3-10,13-14H,11-12H2,1-2H3,(H,23,26)/t13-,14+/m0/s1. The van der Waals surface area contributed by atoms with E-state index in [0.717, 1.165) is 0 Å². The second-order valence-electron chi connectivity index (χ2n) is 6.65. The Morgan fingerprint density at radius 2 is 1.86 bits per heavy atom. The number of hydrogen-bond acceptors (Lipinski definition) is 5. The third-order valence-electron chi connectivity index (χ3n) is 4.61. The fourth-order valence-corrected chi connectivity index (χ4v) is 3.05. The number of benzene rings is 2. The minimum atomic E-state index is -1.07. The topological polar surface area (TPSA) is 84.9 Å². The van der Waals surface area contributed by atoms with Gasteiger partial charge in [0.15, 0.2) is 6.10 Å². The van der Waals surface area contributed by atoms with Crippen LogP contribution in [0.4, 0.5) is 15.8 Å². The molecule has 0 aliphatic carbocycles. The van der Waals surface area contributed by atoms with Crippen molar-refractivity contribution in [2.24, 2.45) is 5.92 Å². The fourth-order valence-electron chi connectivity index (χ4n) is 3.05. The van der Waals surface area contributed by atoms with Crippen LogP contribution in [0.15, 0.2) is 48.5 Å². The number of methoxy groups -OCH3 is 1. The average molecular weight is 400 g/mol. The summed E-state index contributed by atoms with van der Waals surface area (Å²) in [6, 6.07) is 12.3. The highest BCUT2D eigenvalue weighted by atomic mass is 19.1. The highest BCUT2D eigenvalue weighted by Gasteiger charge is 2.38. The zero-order valence-corrected chi connectivity index (χ0v) is 16.1. The summed E-state index contributed by atoms with van der Waals surface area (Å²) in [5.74, 6) is -1.98. The van der Waals surface area contributed by atoms with Crippen molar-refractivity contribution in [3.8, 4) is 5.75 Å². The lowest BCUT2D eigenvalue weighted by atomic mass is 10.1. The van der Waals surface area contributed by atoms with Crippen molar-refractivity contribution in [2.45, 2.75) is 19.4 Å². The van der Waals surface area contributed by atoms with E-state index in [9.17, 15) is 18.8 Å². The Balaban J connectivity index is 1.60. The zero-order chi connectivity index (χ0) is 21.0. The molecule has 0 saturated carbocycles. The van der Waals surface area contributed by atoms with E-state index in [2.05, 4.69) is 5.32 Å². The molecule has 0 radical (unpaired) electrons. The maximum absolute atomic E-state index is 12.9. The molecule has 1 aliphatic heterocycles. The van der Waals surface area contributed by atoms with Gasteiger partial charge in [-0.15, -0.1) is 0 Å². The molecule has 2 atom stereocenters. The number of hydrogen-bond donors (Lipinski definition) is 1. The molecular weight excluding hydrogens is 379 g/mol. The van der Waals surface area contributed by atoms with Gasteiger partial charge in [0.2, 0.25) is 5.91 Å². The van der Waals surface area contributed by atoms with Crippen LogP contribution in [0.3, 0.4) is 0 Å². The molecule has 152 valence electrons. The molecule has 2 aromatic carbocycles. The first-order valence-corrected chi connectivity index (χ1v) is 9.09. The van der Waals surface area contributed by atoms with Crippen LogP contribution in [0, 0.1) is 11.7 Å². The molecule has 1 fully saturated rings. The van der Waals surface area contributed by atoms with Crippen LogP contribution in [0.25, 0.3) is 0 Å². The van der Waals surface area contributed by atoms with Gasteiger partial charge in [-0.1, -0.05) is 12.1 Å². The van der Waals surface area contributed by atoms with Crippen LogP contribution >= 0.6 is 0 Å². The summed E-state index contributed by atoms with van der Waals surface area (Å²) in [6.07, 6.45) is -1.08. The molecule has 1 saturated heterocycles. The molecule has 2 amide bonds. The van der Waals surface area contributed by atoms with Crippen LogP contribution in [-0.2, 0) is 19.1 Å². The van der Waals surface area contributed by atoms with Gasteiger partial charge in [-0.2, -0.15) is 0 Å². The van der Waals surface area contributed by atoms with Crippen molar-refractivity contribution in [1.82, 2.24) is 0 Å². The Morgan fingerprint density at radius 1 is 1.17 bits per heavy atom. The van der Waals surface area contributed by atoms with Crippen molar-refractivity contribution in [3.05, 3.63) is 54.3 Å². The number of amides is 2. The summed E-state index contributed by atoms with van der Waals surface area (Å²) in [5.41, 5.74) is 0.968. The van der Waals surface area contributed by atoms with Crippen LogP contribution < -0.4 is 15.0 Å². The highest BCUT2D eigenvalue weighted by Crippen LogP contribution is 2.33. The van der Waals surface area contributed by atoms with Gasteiger partial charge < -0.3 is 19.7 Å². The quantitative estimate of drug-likeness (QED) is 0.754. The number of ether oxygens (including phenoxy) is 2. The van der Waals surface area contributed by atoms with E-state index in [1.165, 1.54) is 43.2 Å². The smallest absolute Gasteiger partial charge is 0.312 e. The second kappa shape index (κ2) is 8.72. The molecule has 1 N–H and O–H groups in total. The number of esters is 1. The first-order chi connectivity index (χ1) is 13.9. The van der Waals surface area contributed by atoms with E-state index in [1.807, 2.05) is 0 Å². The number of anilines is 2. The molecule has 1 heterocycles. The zero-order valence-electron chi connectivity index (χ0n) is 16.1. The summed E-state index contributed by atoms with van der Waals surface area (Å²) < 4.78 is 23.5. The Bertz CT molecular complexity index is 916. The van der Waals surface area contributed by atoms with Gasteiger partial charge in [-0.25, -0.2) is 4.39 Å². The molecule has 2 aromatic rings. The van der Waals surface area contributed by atoms with E-state index < -0.39 is 29.7 Å². The third-order valence-corrected chi connectivity index (χ3v) is 4.61. The van der Waals surface area contributed by atoms with Gasteiger partial charge in [0.25, 0.3) is 5.91 Å². The molecule has 1 aliphatic rings. The third kappa shape index (κ3) is 4.71. The minimum Gasteiger partial charge on any atom is -0.495 e. The van der Waals surface area contributed by atoms with Gasteiger partial charge >= 0.3 is 5.97 Å². The lowest BCUT2D eigenvalue weighted by Crippen LogP contribution is -2.33. The SMILES string of the molecule is COc1ccccc1N1C[C@H](C(=O)O[C@@H](C)C(=O)Nc2ccc(F)cc2)CC1=O. The molecular formula is C21H21FN2O5. The summed E-state index contributed by atoms with van der Waals surface area (Å²) in [7, 11) is 1.51. The largest absolute Gasteiger partial charge is 0.495 e. The van der Waals surface area contributed by atoms with Crippen molar-refractivity contribution >= 4 is 29.2 Å². The van der Waals surface area contributed by atoms with Gasteiger partial charge in [-0.05, 0) is 43.3 Å². The van der Waals surface area contributed by atoms with Gasteiger partial charge in [0.1, 0.15) is 11.6 Å². The number of carbonyl (C=O) groups excluding carboxylic acids is 3. The van der Waals surface area contributed by atoms with E-state index in [0.29, 0.717) is 17.1 Å². The van der Waals surface area contributed by atoms with Crippen LogP contribution in [0.5, 0.6) is 5.75 Å². The van der Waals surface area contributed by atoms with E-state index in [1.54, 1.807) is 24.3 Å². The van der Waals surface area contributed by atoms with E-state index in [-0.39, 0.29) is 18.9 Å². The number of nitrogens with zero attached hydrogens (tertiary/aromatic N) is 1. The van der Waals surface area contributed by atoms with Crippen molar-refractivity contribution in [2.75, 3.05) is 23.9 Å². The summed E-state index contributed by atoms with van der Waals surface area (Å²) >= 11 is 0. The van der Waals surface area contributed by atoms with Gasteiger partial charge in [0.05, 0.1) is 18.7 Å². The average Bonchev–Trinajstić information content (AvgIpc) is 3.11. The minimum absolute atomic E-state index is 0.0107. The predicted molar refractivity (Wildman–Crippen MR) is 104 cm³/mol. The molecule has 7 nitrogen and oxygen atoms in total. The van der Waals surface area contributed by atoms with Gasteiger partial charge in [-0.3, -0.25) is 14.4 Å². The van der Waals surface area contributed by atoms with Gasteiger partial charge in [0, 0.05) is 18.7 Å². The Morgan fingerprint density at radius 3 is 2.55 bits per heavy atom. The fraction of sp³-hybridized carbons (Fsp3) is 0.286. The van der Waals surface area contributed by atoms with Crippen molar-refractivity contribution in [3.63, 3.8) is 0 Å². The molecule has 0 spiro atoms. The van der Waals surface area contributed by atoms with Crippen molar-refractivity contribution < 1.29 is 28.2 Å². The molecule has 29 heavy (non-hydrogen) atoms. The highest BCUT2D eigenvalue weighted by molar-refractivity contribution is 6.01. The summed E-state index contributed by atoms with van der Waals surface area (Å²) in [5, 5.41) is 2.55. The Labute approximate surface area is 167 Å². The maximum Gasteiger partial charge on any atom is 0.312 e. The number of para-hydroxylation sites is 2. The maximum atomic E-state index is 12.9. The van der Waals surface area contributed by atoms with E-state index >= 15 is 0 Å². The Kier molecular flexibility index (Phi) is 6.11. The first kappa shape index (κ1) is 20.3. The molecule has 0 unspecified atom stereocenters. The molecule has 8 heteroatoms. The number of halogens is 1.